The lowest BCUT2D eigenvalue weighted by Gasteiger charge is -2.40. The lowest BCUT2D eigenvalue weighted by Crippen LogP contribution is -2.63. The molecule has 1 atom stereocenters. The SMILES string of the molecule is CCNC(=NCC(O)c1cc(OC)ccc1OC)NC1CN(C(=O)OC(C)(C)C)C1. The highest BCUT2D eigenvalue weighted by Gasteiger charge is 2.34. The molecule has 0 aromatic heterocycles. The molecule has 0 aliphatic carbocycles. The number of guanidine groups is 1. The van der Waals surface area contributed by atoms with Crippen LogP contribution >= 0.6 is 0 Å². The number of carbonyl (C=O) groups excluding carboxylic acids is 1. The largest absolute Gasteiger partial charge is 0.497 e. The molecule has 3 N–H and O–H groups in total. The number of aliphatic hydroxyl groups excluding tert-OH is 1. The molecule has 1 aliphatic heterocycles. The van der Waals surface area contributed by atoms with Crippen molar-refractivity contribution >= 4 is 12.1 Å². The Bertz CT molecular complexity index is 741. The maximum absolute atomic E-state index is 12.1. The van der Waals surface area contributed by atoms with Gasteiger partial charge in [0.05, 0.1) is 26.8 Å². The second-order valence-electron chi connectivity index (χ2n) is 8.07. The highest BCUT2D eigenvalue weighted by atomic mass is 16.6. The maximum atomic E-state index is 12.1. The lowest BCUT2D eigenvalue weighted by molar-refractivity contribution is 0.00700. The normalized spacial score (nSPS) is 15.8. The van der Waals surface area contributed by atoms with Gasteiger partial charge < -0.3 is 34.9 Å². The topological polar surface area (TPSA) is 105 Å². The first-order chi connectivity index (χ1) is 14.2. The molecule has 1 aromatic carbocycles. The molecular weight excluding hydrogens is 388 g/mol. The molecule has 9 heteroatoms. The van der Waals surface area contributed by atoms with Gasteiger partial charge in [-0.05, 0) is 45.9 Å². The fraction of sp³-hybridized carbons (Fsp3) is 0.619. The highest BCUT2D eigenvalue weighted by Crippen LogP contribution is 2.29. The smallest absolute Gasteiger partial charge is 0.410 e. The van der Waals surface area contributed by atoms with E-state index in [9.17, 15) is 9.90 Å². The molecule has 0 spiro atoms. The van der Waals surface area contributed by atoms with Crippen LogP contribution in [0.2, 0.25) is 0 Å². The van der Waals surface area contributed by atoms with Gasteiger partial charge in [0.15, 0.2) is 5.96 Å². The first kappa shape index (κ1) is 23.6. The zero-order valence-electron chi connectivity index (χ0n) is 18.7. The monoisotopic (exact) mass is 422 g/mol. The minimum absolute atomic E-state index is 0.0683. The van der Waals surface area contributed by atoms with E-state index in [1.165, 1.54) is 0 Å². The van der Waals surface area contributed by atoms with Gasteiger partial charge in [-0.1, -0.05) is 0 Å². The number of nitrogens with zero attached hydrogens (tertiary/aromatic N) is 2. The number of likely N-dealkylation sites (tertiary alicyclic amines) is 1. The highest BCUT2D eigenvalue weighted by molar-refractivity contribution is 5.80. The van der Waals surface area contributed by atoms with Gasteiger partial charge >= 0.3 is 6.09 Å². The number of amides is 1. The van der Waals surface area contributed by atoms with Gasteiger partial charge in [0, 0.05) is 25.2 Å². The standard InChI is InChI=1S/C21H34N4O5/c1-7-22-19(24-14-12-25(13-14)20(27)30-21(2,3)4)23-11-17(26)16-10-15(28-5)8-9-18(16)29-6/h8-10,14,17,26H,7,11-13H2,1-6H3,(H2,22,23,24). The minimum atomic E-state index is -0.856. The Morgan fingerprint density at radius 3 is 2.57 bits per heavy atom. The number of methoxy groups -OCH3 is 2. The third kappa shape index (κ3) is 6.69. The summed E-state index contributed by atoms with van der Waals surface area (Å²) in [5.41, 5.74) is 0.0970. The van der Waals surface area contributed by atoms with Crippen molar-refractivity contribution in [1.82, 2.24) is 15.5 Å². The number of benzene rings is 1. The summed E-state index contributed by atoms with van der Waals surface area (Å²) in [6.07, 6.45) is -1.17. The summed E-state index contributed by atoms with van der Waals surface area (Å²) in [5.74, 6) is 1.78. The van der Waals surface area contributed by atoms with E-state index in [-0.39, 0.29) is 18.7 Å². The summed E-state index contributed by atoms with van der Waals surface area (Å²) in [6.45, 7) is 9.38. The van der Waals surface area contributed by atoms with Gasteiger partial charge in [-0.25, -0.2) is 4.79 Å². The van der Waals surface area contributed by atoms with Crippen LogP contribution in [0.4, 0.5) is 4.79 Å². The summed E-state index contributed by atoms with van der Waals surface area (Å²) in [4.78, 5) is 18.2. The number of ether oxygens (including phenoxy) is 3. The van der Waals surface area contributed by atoms with Crippen LogP contribution in [0.1, 0.15) is 39.4 Å². The van der Waals surface area contributed by atoms with Crippen molar-refractivity contribution in [3.05, 3.63) is 23.8 Å². The molecule has 2 rings (SSSR count). The van der Waals surface area contributed by atoms with E-state index in [0.29, 0.717) is 42.7 Å². The summed E-state index contributed by atoms with van der Waals surface area (Å²) >= 11 is 0. The van der Waals surface area contributed by atoms with Gasteiger partial charge in [-0.3, -0.25) is 4.99 Å². The van der Waals surface area contributed by atoms with E-state index >= 15 is 0 Å². The fourth-order valence-corrected chi connectivity index (χ4v) is 2.93. The molecule has 168 valence electrons. The Labute approximate surface area is 178 Å². The molecule has 1 saturated heterocycles. The number of aliphatic hydroxyl groups is 1. The van der Waals surface area contributed by atoms with Gasteiger partial charge in [0.2, 0.25) is 0 Å². The van der Waals surface area contributed by atoms with Crippen molar-refractivity contribution in [2.45, 2.75) is 45.4 Å². The fourth-order valence-electron chi connectivity index (χ4n) is 2.93. The molecule has 0 bridgehead atoms. The Morgan fingerprint density at radius 2 is 2.00 bits per heavy atom. The van der Waals surface area contributed by atoms with E-state index in [4.69, 9.17) is 14.2 Å². The number of aliphatic imine (C=N–C) groups is 1. The average Bonchev–Trinajstić information content (AvgIpc) is 2.65. The molecule has 1 heterocycles. The number of carbonyl (C=O) groups is 1. The Kier molecular flexibility index (Phi) is 8.16. The van der Waals surface area contributed by atoms with E-state index < -0.39 is 11.7 Å². The van der Waals surface area contributed by atoms with Gasteiger partial charge in [-0.2, -0.15) is 0 Å². The number of hydrogen-bond acceptors (Lipinski definition) is 6. The predicted molar refractivity (Wildman–Crippen MR) is 115 cm³/mol. The molecule has 0 radical (unpaired) electrons. The molecule has 1 fully saturated rings. The predicted octanol–water partition coefficient (Wildman–Crippen LogP) is 1.91. The van der Waals surface area contributed by atoms with Crippen molar-refractivity contribution in [3.63, 3.8) is 0 Å². The van der Waals surface area contributed by atoms with E-state index in [1.807, 2.05) is 27.7 Å². The number of rotatable bonds is 7. The summed E-state index contributed by atoms with van der Waals surface area (Å²) in [5, 5.41) is 17.1. The number of hydrogen-bond donors (Lipinski definition) is 3. The van der Waals surface area contributed by atoms with Gasteiger partial charge in [0.1, 0.15) is 23.2 Å². The second-order valence-corrected chi connectivity index (χ2v) is 8.07. The third-order valence-electron chi connectivity index (χ3n) is 4.44. The molecule has 30 heavy (non-hydrogen) atoms. The Balaban J connectivity index is 1.95. The van der Waals surface area contributed by atoms with Crippen LogP contribution in [0.5, 0.6) is 11.5 Å². The molecule has 9 nitrogen and oxygen atoms in total. The average molecular weight is 423 g/mol. The summed E-state index contributed by atoms with van der Waals surface area (Å²) in [7, 11) is 3.13. The third-order valence-corrected chi connectivity index (χ3v) is 4.44. The van der Waals surface area contributed by atoms with Crippen molar-refractivity contribution in [2.75, 3.05) is 40.4 Å². The number of nitrogens with one attached hydrogen (secondary N) is 2. The van der Waals surface area contributed by atoms with Crippen LogP contribution in [0.3, 0.4) is 0 Å². The summed E-state index contributed by atoms with van der Waals surface area (Å²) in [6, 6.07) is 5.34. The van der Waals surface area contributed by atoms with Crippen LogP contribution in [-0.4, -0.2) is 74.1 Å². The minimum Gasteiger partial charge on any atom is -0.497 e. The first-order valence-electron chi connectivity index (χ1n) is 10.1. The van der Waals surface area contributed by atoms with Crippen LogP contribution < -0.4 is 20.1 Å². The van der Waals surface area contributed by atoms with Crippen LogP contribution in [-0.2, 0) is 4.74 Å². The van der Waals surface area contributed by atoms with Crippen molar-refractivity contribution < 1.29 is 24.1 Å². The molecule has 1 aliphatic rings. The van der Waals surface area contributed by atoms with E-state index in [0.717, 1.165) is 0 Å². The lowest BCUT2D eigenvalue weighted by atomic mass is 10.1. The van der Waals surface area contributed by atoms with Crippen LogP contribution in [0.15, 0.2) is 23.2 Å². The summed E-state index contributed by atoms with van der Waals surface area (Å²) < 4.78 is 15.9. The van der Waals surface area contributed by atoms with Gasteiger partial charge in [-0.15, -0.1) is 0 Å². The van der Waals surface area contributed by atoms with Crippen molar-refractivity contribution in [2.24, 2.45) is 4.99 Å². The Morgan fingerprint density at radius 1 is 1.30 bits per heavy atom. The van der Waals surface area contributed by atoms with Crippen molar-refractivity contribution in [1.29, 1.82) is 0 Å². The molecule has 1 unspecified atom stereocenters. The zero-order chi connectivity index (χ0) is 22.3. The zero-order valence-corrected chi connectivity index (χ0v) is 18.7. The van der Waals surface area contributed by atoms with Crippen LogP contribution in [0, 0.1) is 0 Å². The Hall–Kier alpha value is -2.68. The van der Waals surface area contributed by atoms with Crippen LogP contribution in [0.25, 0.3) is 0 Å². The van der Waals surface area contributed by atoms with E-state index in [1.54, 1.807) is 37.3 Å². The second kappa shape index (κ2) is 10.4. The molecule has 1 amide bonds. The molecule has 1 aromatic rings. The molecule has 0 saturated carbocycles. The first-order valence-corrected chi connectivity index (χ1v) is 10.1. The van der Waals surface area contributed by atoms with Gasteiger partial charge in [0.25, 0.3) is 0 Å². The van der Waals surface area contributed by atoms with E-state index in [2.05, 4.69) is 15.6 Å². The van der Waals surface area contributed by atoms with Crippen molar-refractivity contribution in [3.8, 4) is 11.5 Å². The molecular formula is C21H34N4O5. The maximum Gasteiger partial charge on any atom is 0.410 e. The quantitative estimate of drug-likeness (QED) is 0.455.